The number of anilines is 1. The van der Waals surface area contributed by atoms with Gasteiger partial charge in [-0.3, -0.25) is 9.78 Å². The second-order valence-electron chi connectivity index (χ2n) is 4.04. The van der Waals surface area contributed by atoms with Gasteiger partial charge in [-0.15, -0.1) is 10.2 Å². The van der Waals surface area contributed by atoms with E-state index in [2.05, 4.69) is 25.8 Å². The van der Waals surface area contributed by atoms with Gasteiger partial charge in [-0.1, -0.05) is 6.07 Å². The number of nitrogens with zero attached hydrogens (tertiary/aromatic N) is 3. The van der Waals surface area contributed by atoms with Crippen molar-refractivity contribution in [1.82, 2.24) is 20.5 Å². The summed E-state index contributed by atoms with van der Waals surface area (Å²) in [6.45, 7) is 2.01. The fourth-order valence-corrected chi connectivity index (χ4v) is 1.60. The van der Waals surface area contributed by atoms with E-state index in [0.717, 1.165) is 5.56 Å². The number of hydrogen-bond donors (Lipinski definition) is 2. The van der Waals surface area contributed by atoms with E-state index in [1.165, 1.54) is 0 Å². The highest BCUT2D eigenvalue weighted by molar-refractivity contribution is 5.91. The first-order valence-corrected chi connectivity index (χ1v) is 5.93. The van der Waals surface area contributed by atoms with Crippen molar-refractivity contribution in [2.24, 2.45) is 0 Å². The monoisotopic (exact) mass is 257 g/mol. The number of hydrogen-bond acceptors (Lipinski definition) is 5. The van der Waals surface area contributed by atoms with Crippen molar-refractivity contribution < 1.29 is 4.79 Å². The van der Waals surface area contributed by atoms with Gasteiger partial charge >= 0.3 is 0 Å². The molecule has 2 N–H and O–H groups in total. The summed E-state index contributed by atoms with van der Waals surface area (Å²) < 4.78 is 0. The maximum Gasteiger partial charge on any atom is 0.271 e. The molecule has 19 heavy (non-hydrogen) atoms. The fraction of sp³-hybridized carbons (Fsp3) is 0.231. The van der Waals surface area contributed by atoms with Crippen molar-refractivity contribution in [2.45, 2.75) is 13.0 Å². The molecule has 0 fully saturated rings. The van der Waals surface area contributed by atoms with E-state index in [-0.39, 0.29) is 11.9 Å². The third-order valence-electron chi connectivity index (χ3n) is 2.67. The summed E-state index contributed by atoms with van der Waals surface area (Å²) in [5.41, 5.74) is 1.35. The van der Waals surface area contributed by atoms with Crippen LogP contribution in [0.2, 0.25) is 0 Å². The minimum Gasteiger partial charge on any atom is -0.362 e. The number of carbonyl (C=O) groups excluding carboxylic acids is 1. The zero-order valence-corrected chi connectivity index (χ0v) is 10.8. The molecule has 2 heterocycles. The molecule has 98 valence electrons. The van der Waals surface area contributed by atoms with Gasteiger partial charge in [-0.25, -0.2) is 0 Å². The molecule has 0 spiro atoms. The zero-order chi connectivity index (χ0) is 13.7. The second-order valence-corrected chi connectivity index (χ2v) is 4.04. The summed E-state index contributed by atoms with van der Waals surface area (Å²) in [5.74, 6) is 0.364. The lowest BCUT2D eigenvalue weighted by atomic mass is 10.1. The quantitative estimate of drug-likeness (QED) is 0.865. The number of amides is 1. The van der Waals surface area contributed by atoms with Gasteiger partial charge in [0.15, 0.2) is 5.69 Å². The molecule has 0 saturated carbocycles. The summed E-state index contributed by atoms with van der Waals surface area (Å²) >= 11 is 0. The molecule has 6 nitrogen and oxygen atoms in total. The van der Waals surface area contributed by atoms with Gasteiger partial charge < -0.3 is 10.6 Å². The smallest absolute Gasteiger partial charge is 0.271 e. The van der Waals surface area contributed by atoms with E-state index in [4.69, 9.17) is 0 Å². The maximum absolute atomic E-state index is 11.3. The molecule has 1 unspecified atom stereocenters. The van der Waals surface area contributed by atoms with Gasteiger partial charge in [-0.2, -0.15) is 0 Å². The van der Waals surface area contributed by atoms with E-state index < -0.39 is 0 Å². The van der Waals surface area contributed by atoms with Crippen LogP contribution in [0.4, 0.5) is 5.82 Å². The van der Waals surface area contributed by atoms with Crippen LogP contribution in [-0.2, 0) is 0 Å². The van der Waals surface area contributed by atoms with E-state index in [9.17, 15) is 4.79 Å². The highest BCUT2D eigenvalue weighted by Gasteiger charge is 2.08. The van der Waals surface area contributed by atoms with Gasteiger partial charge in [0.05, 0.1) is 6.04 Å². The Balaban J connectivity index is 2.06. The van der Waals surface area contributed by atoms with Crippen LogP contribution in [0.5, 0.6) is 0 Å². The Morgan fingerprint density at radius 3 is 2.68 bits per heavy atom. The molecular weight excluding hydrogens is 242 g/mol. The average Bonchev–Trinajstić information content (AvgIpc) is 2.48. The minimum atomic E-state index is -0.251. The SMILES string of the molecule is CNC(=O)c1ccc(NC(C)c2cccnc2)nn1. The van der Waals surface area contributed by atoms with Crippen molar-refractivity contribution >= 4 is 11.7 Å². The van der Waals surface area contributed by atoms with Crippen LogP contribution in [0.1, 0.15) is 29.0 Å². The molecule has 2 aromatic heterocycles. The first-order valence-electron chi connectivity index (χ1n) is 5.93. The number of pyridine rings is 1. The molecule has 6 heteroatoms. The summed E-state index contributed by atoms with van der Waals surface area (Å²) in [5, 5.41) is 13.5. The molecule has 1 atom stereocenters. The van der Waals surface area contributed by atoms with Crippen LogP contribution in [0.25, 0.3) is 0 Å². The lowest BCUT2D eigenvalue weighted by Gasteiger charge is -2.13. The molecule has 2 aromatic rings. The predicted molar refractivity (Wildman–Crippen MR) is 71.7 cm³/mol. The van der Waals surface area contributed by atoms with Gasteiger partial charge in [0.2, 0.25) is 0 Å². The summed E-state index contributed by atoms with van der Waals surface area (Å²) in [7, 11) is 1.56. The molecule has 0 aliphatic carbocycles. The van der Waals surface area contributed by atoms with Crippen LogP contribution in [-0.4, -0.2) is 28.1 Å². The standard InChI is InChI=1S/C13H15N5O/c1-9(10-4-3-7-15-8-10)16-12-6-5-11(17-18-12)13(19)14-2/h3-9H,1-2H3,(H,14,19)(H,16,18). The first kappa shape index (κ1) is 12.9. The Hall–Kier alpha value is -2.50. The van der Waals surface area contributed by atoms with Crippen molar-refractivity contribution in [3.05, 3.63) is 47.9 Å². The van der Waals surface area contributed by atoms with Crippen LogP contribution in [0.15, 0.2) is 36.7 Å². The van der Waals surface area contributed by atoms with Crippen LogP contribution < -0.4 is 10.6 Å². The first-order chi connectivity index (χ1) is 9.20. The second kappa shape index (κ2) is 5.90. The third-order valence-corrected chi connectivity index (χ3v) is 2.67. The highest BCUT2D eigenvalue weighted by atomic mass is 16.1. The Kier molecular flexibility index (Phi) is 4.02. The fourth-order valence-electron chi connectivity index (χ4n) is 1.60. The maximum atomic E-state index is 11.3. The summed E-state index contributed by atoms with van der Waals surface area (Å²) in [6, 6.07) is 7.29. The molecule has 0 bridgehead atoms. The normalized spacial score (nSPS) is 11.7. The number of carbonyl (C=O) groups is 1. The molecule has 0 aliphatic rings. The predicted octanol–water partition coefficient (Wildman–Crippen LogP) is 1.40. The summed E-state index contributed by atoms with van der Waals surface area (Å²) in [6.07, 6.45) is 3.53. The lowest BCUT2D eigenvalue weighted by molar-refractivity contribution is 0.0957. The van der Waals surface area contributed by atoms with E-state index in [1.54, 1.807) is 31.6 Å². The van der Waals surface area contributed by atoms with Crippen molar-refractivity contribution in [3.8, 4) is 0 Å². The molecule has 2 rings (SSSR count). The lowest BCUT2D eigenvalue weighted by Crippen LogP contribution is -2.20. The number of aromatic nitrogens is 3. The Morgan fingerprint density at radius 1 is 1.26 bits per heavy atom. The number of rotatable bonds is 4. The van der Waals surface area contributed by atoms with Gasteiger partial charge in [-0.05, 0) is 30.7 Å². The molecular formula is C13H15N5O. The van der Waals surface area contributed by atoms with Crippen molar-refractivity contribution in [1.29, 1.82) is 0 Å². The van der Waals surface area contributed by atoms with Crippen LogP contribution >= 0.6 is 0 Å². The molecule has 0 radical (unpaired) electrons. The Morgan fingerprint density at radius 2 is 2.11 bits per heavy atom. The Labute approximate surface area is 111 Å². The Bertz CT molecular complexity index is 541. The molecule has 0 aromatic carbocycles. The van der Waals surface area contributed by atoms with Gasteiger partial charge in [0.25, 0.3) is 5.91 Å². The molecule has 1 amide bonds. The van der Waals surface area contributed by atoms with Crippen LogP contribution in [0.3, 0.4) is 0 Å². The van der Waals surface area contributed by atoms with E-state index >= 15 is 0 Å². The average molecular weight is 257 g/mol. The van der Waals surface area contributed by atoms with E-state index in [0.29, 0.717) is 11.5 Å². The van der Waals surface area contributed by atoms with Gasteiger partial charge in [0, 0.05) is 19.4 Å². The van der Waals surface area contributed by atoms with Crippen LogP contribution in [0, 0.1) is 0 Å². The molecule has 0 aliphatic heterocycles. The van der Waals surface area contributed by atoms with E-state index in [1.807, 2.05) is 19.1 Å². The van der Waals surface area contributed by atoms with Crippen molar-refractivity contribution in [3.63, 3.8) is 0 Å². The number of nitrogens with one attached hydrogen (secondary N) is 2. The molecule has 0 saturated heterocycles. The summed E-state index contributed by atoms with van der Waals surface area (Å²) in [4.78, 5) is 15.4. The minimum absolute atomic E-state index is 0.0638. The zero-order valence-electron chi connectivity index (χ0n) is 10.8. The topological polar surface area (TPSA) is 79.8 Å². The third kappa shape index (κ3) is 3.25. The highest BCUT2D eigenvalue weighted by Crippen LogP contribution is 2.15. The van der Waals surface area contributed by atoms with Crippen molar-refractivity contribution in [2.75, 3.05) is 12.4 Å². The van der Waals surface area contributed by atoms with Gasteiger partial charge in [0.1, 0.15) is 5.82 Å². The largest absolute Gasteiger partial charge is 0.362 e.